The maximum atomic E-state index is 15.1. The van der Waals surface area contributed by atoms with E-state index in [2.05, 4.69) is 27.7 Å². The number of fused-ring (bicyclic) bond motifs is 2. The van der Waals surface area contributed by atoms with Crippen LogP contribution < -0.4 is 24.8 Å². The number of nitrogens with one attached hydrogen (secondary N) is 1. The van der Waals surface area contributed by atoms with E-state index < -0.39 is 23.1 Å². The third-order valence-corrected chi connectivity index (χ3v) is 10.6. The highest BCUT2D eigenvalue weighted by molar-refractivity contribution is 5.87. The number of hydrogen-bond acceptors (Lipinski definition) is 9. The Morgan fingerprint density at radius 1 is 1.23 bits per heavy atom. The van der Waals surface area contributed by atoms with E-state index in [-0.39, 0.29) is 49.6 Å². The molecule has 2 saturated heterocycles. The molecule has 0 spiro atoms. The molecule has 12 heteroatoms. The van der Waals surface area contributed by atoms with Crippen molar-refractivity contribution in [3.05, 3.63) is 83.2 Å². The summed E-state index contributed by atoms with van der Waals surface area (Å²) in [6.07, 6.45) is 15.9. The molecule has 1 amide bonds. The summed E-state index contributed by atoms with van der Waals surface area (Å²) in [6.45, 7) is 9.21. The lowest BCUT2D eigenvalue weighted by atomic mass is 9.86. The summed E-state index contributed by atoms with van der Waals surface area (Å²) in [4.78, 5) is 32.6. The molecular weight excluding hydrogens is 664 g/mol. The number of alkyl halides is 1. The van der Waals surface area contributed by atoms with Gasteiger partial charge < -0.3 is 29.9 Å². The van der Waals surface area contributed by atoms with Crippen molar-refractivity contribution >= 4 is 29.2 Å². The number of β-amino-alcohol motifs (C(OH)–C–C–N with tert-alkyl or cyclic N) is 1. The van der Waals surface area contributed by atoms with Crippen LogP contribution in [-0.2, 0) is 17.6 Å². The van der Waals surface area contributed by atoms with Gasteiger partial charge in [-0.1, -0.05) is 18.6 Å². The molecule has 0 radical (unpaired) electrons. The number of allylic oxidation sites excluding steroid dienone is 1. The lowest BCUT2D eigenvalue weighted by Crippen LogP contribution is -2.47. The summed E-state index contributed by atoms with van der Waals surface area (Å²) < 4.78 is 36.5. The van der Waals surface area contributed by atoms with Crippen LogP contribution in [0.4, 0.5) is 26.0 Å². The number of pyridine rings is 1. The maximum Gasteiger partial charge on any atom is 0.319 e. The number of aliphatic hydroxyl groups is 1. The standard InChI is InChI=1S/C40H45F2N7O3/c1-5-31-33(42)15-12-26-19-40(4,51)24-48(36(26)31)29-13-14-32-34(18-29)45-38(46-37(32)47-17-8-7-10-28(23-47)44-35(50)6-2)52-25-39(3)20-27(41)22-49(39)30-11-9-16-43-21-30/h1,6,9,11-12,15-16,18,21,27-28,51H,2,7-8,10,13-14,17,19-20,22-25H2,3-4H3,(H,44,50)/t27-,28?,39+,40+/m1/s1. The van der Waals surface area contributed by atoms with Gasteiger partial charge in [0.1, 0.15) is 24.4 Å². The van der Waals surface area contributed by atoms with E-state index in [4.69, 9.17) is 21.1 Å². The molecule has 2 N–H and O–H groups in total. The minimum atomic E-state index is -1.08. The number of terminal acetylenes is 1. The molecule has 4 aliphatic rings. The third-order valence-electron chi connectivity index (χ3n) is 10.6. The number of anilines is 3. The molecule has 1 unspecified atom stereocenters. The van der Waals surface area contributed by atoms with E-state index in [0.29, 0.717) is 37.2 Å². The molecule has 52 heavy (non-hydrogen) atoms. The minimum Gasteiger partial charge on any atom is -0.461 e. The molecule has 0 bridgehead atoms. The van der Waals surface area contributed by atoms with Crippen LogP contribution in [0, 0.1) is 18.2 Å². The summed E-state index contributed by atoms with van der Waals surface area (Å²) in [5, 5.41) is 14.4. The number of amides is 1. The smallest absolute Gasteiger partial charge is 0.319 e. The van der Waals surface area contributed by atoms with Crippen molar-refractivity contribution in [1.82, 2.24) is 20.3 Å². The Kier molecular flexibility index (Phi) is 9.65. The molecule has 2 fully saturated rings. The SMILES string of the molecule is C#Cc1c(F)ccc2c1N(C1=Cc3nc(OC[C@]4(C)C[C@@H](F)CN4c4cccnc4)nc(N4CCCCC(NC(=O)C=C)C4)c3CC1)C[C@@](C)(O)C2. The van der Waals surface area contributed by atoms with Crippen molar-refractivity contribution in [2.75, 3.05) is 47.5 Å². The second-order valence-corrected chi connectivity index (χ2v) is 14.9. The molecule has 0 saturated carbocycles. The van der Waals surface area contributed by atoms with Crippen molar-refractivity contribution in [3.8, 4) is 18.4 Å². The van der Waals surface area contributed by atoms with Gasteiger partial charge in [-0.15, -0.1) is 6.42 Å². The van der Waals surface area contributed by atoms with Gasteiger partial charge >= 0.3 is 6.01 Å². The number of benzene rings is 1. The zero-order chi connectivity index (χ0) is 36.6. The highest BCUT2D eigenvalue weighted by atomic mass is 19.1. The molecule has 272 valence electrons. The van der Waals surface area contributed by atoms with E-state index in [1.54, 1.807) is 25.4 Å². The number of ether oxygens (including phenoxy) is 1. The Balaban J connectivity index is 1.28. The first kappa shape index (κ1) is 35.4. The number of aromatic nitrogens is 3. The molecular formula is C40H45F2N7O3. The van der Waals surface area contributed by atoms with Gasteiger partial charge in [-0.25, -0.2) is 8.78 Å². The van der Waals surface area contributed by atoms with Crippen LogP contribution >= 0.6 is 0 Å². The summed E-state index contributed by atoms with van der Waals surface area (Å²) in [7, 11) is 0. The highest BCUT2D eigenvalue weighted by Gasteiger charge is 2.44. The van der Waals surface area contributed by atoms with E-state index in [1.807, 2.05) is 34.9 Å². The third kappa shape index (κ3) is 7.06. The quantitative estimate of drug-likeness (QED) is 0.243. The second kappa shape index (κ2) is 14.2. The Morgan fingerprint density at radius 3 is 2.85 bits per heavy atom. The molecule has 1 aliphatic carbocycles. The minimum absolute atomic E-state index is 0.103. The van der Waals surface area contributed by atoms with Crippen LogP contribution in [0.1, 0.15) is 68.3 Å². The number of rotatable bonds is 8. The van der Waals surface area contributed by atoms with Gasteiger partial charge in [0.2, 0.25) is 5.91 Å². The van der Waals surface area contributed by atoms with Crippen LogP contribution in [0.3, 0.4) is 0 Å². The van der Waals surface area contributed by atoms with Crippen molar-refractivity contribution in [3.63, 3.8) is 0 Å². The van der Waals surface area contributed by atoms with Gasteiger partial charge in [-0.05, 0) is 81.9 Å². The molecule has 4 atom stereocenters. The second-order valence-electron chi connectivity index (χ2n) is 14.9. The number of hydrogen-bond donors (Lipinski definition) is 2. The summed E-state index contributed by atoms with van der Waals surface area (Å²) in [5.41, 5.74) is 2.99. The fourth-order valence-corrected chi connectivity index (χ4v) is 8.25. The van der Waals surface area contributed by atoms with Crippen molar-refractivity contribution in [2.24, 2.45) is 0 Å². The number of carbonyl (C=O) groups excluding carboxylic acids is 1. The Morgan fingerprint density at radius 2 is 2.08 bits per heavy atom. The van der Waals surface area contributed by atoms with Gasteiger partial charge in [0.15, 0.2) is 0 Å². The number of nitrogens with zero attached hydrogens (tertiary/aromatic N) is 6. The van der Waals surface area contributed by atoms with E-state index in [0.717, 1.165) is 54.1 Å². The summed E-state index contributed by atoms with van der Waals surface area (Å²) in [6, 6.07) is 6.84. The fraction of sp³-hybridized carbons (Fsp3) is 0.450. The van der Waals surface area contributed by atoms with E-state index in [9.17, 15) is 9.90 Å². The van der Waals surface area contributed by atoms with E-state index in [1.165, 1.54) is 12.1 Å². The van der Waals surface area contributed by atoms with Gasteiger partial charge in [0, 0.05) is 49.4 Å². The molecule has 10 nitrogen and oxygen atoms in total. The Labute approximate surface area is 303 Å². The molecule has 5 heterocycles. The van der Waals surface area contributed by atoms with Gasteiger partial charge in [0.25, 0.3) is 0 Å². The van der Waals surface area contributed by atoms with Gasteiger partial charge in [-0.2, -0.15) is 9.97 Å². The van der Waals surface area contributed by atoms with Gasteiger partial charge in [-0.3, -0.25) is 9.78 Å². The lowest BCUT2D eigenvalue weighted by Gasteiger charge is -2.42. The van der Waals surface area contributed by atoms with Crippen LogP contribution in [0.25, 0.3) is 6.08 Å². The van der Waals surface area contributed by atoms with Crippen LogP contribution in [0.15, 0.2) is 55.0 Å². The summed E-state index contributed by atoms with van der Waals surface area (Å²) in [5.74, 6) is 2.56. The highest BCUT2D eigenvalue weighted by Crippen LogP contribution is 2.42. The number of halogens is 2. The normalized spacial score (nSPS) is 25.7. The molecule has 3 aliphatic heterocycles. The zero-order valence-corrected chi connectivity index (χ0v) is 29.7. The molecule has 1 aromatic carbocycles. The van der Waals surface area contributed by atoms with Crippen molar-refractivity contribution < 1.29 is 23.4 Å². The van der Waals surface area contributed by atoms with Crippen molar-refractivity contribution in [2.45, 2.75) is 82.1 Å². The summed E-state index contributed by atoms with van der Waals surface area (Å²) >= 11 is 0. The average molecular weight is 710 g/mol. The molecule has 3 aromatic rings. The van der Waals surface area contributed by atoms with Crippen molar-refractivity contribution in [1.29, 1.82) is 0 Å². The molecule has 2 aromatic heterocycles. The Hall–Kier alpha value is -5.02. The zero-order valence-electron chi connectivity index (χ0n) is 29.7. The van der Waals surface area contributed by atoms with E-state index >= 15 is 8.78 Å². The Bertz CT molecular complexity index is 1930. The maximum absolute atomic E-state index is 15.1. The monoisotopic (exact) mass is 709 g/mol. The van der Waals surface area contributed by atoms with Crippen LogP contribution in [0.2, 0.25) is 0 Å². The number of carbonyl (C=O) groups is 1. The van der Waals surface area contributed by atoms with Crippen LogP contribution in [0.5, 0.6) is 6.01 Å². The fourth-order valence-electron chi connectivity index (χ4n) is 8.25. The first-order valence-electron chi connectivity index (χ1n) is 18.0. The first-order valence-corrected chi connectivity index (χ1v) is 18.0. The largest absolute Gasteiger partial charge is 0.461 e. The van der Waals surface area contributed by atoms with Crippen LogP contribution in [-0.4, -0.2) is 82.1 Å². The topological polar surface area (TPSA) is 107 Å². The average Bonchev–Trinajstić information content (AvgIpc) is 3.26. The lowest BCUT2D eigenvalue weighted by molar-refractivity contribution is -0.117. The predicted octanol–water partition coefficient (Wildman–Crippen LogP) is 5.14. The predicted molar refractivity (Wildman–Crippen MR) is 198 cm³/mol. The van der Waals surface area contributed by atoms with Gasteiger partial charge in [0.05, 0.1) is 53.1 Å². The molecule has 7 rings (SSSR count). The first-order chi connectivity index (χ1) is 25.0.